The van der Waals surface area contributed by atoms with Crippen molar-refractivity contribution in [1.82, 2.24) is 0 Å². The molecule has 0 unspecified atom stereocenters. The minimum atomic E-state index is -0.322. The molecule has 9 heavy (non-hydrogen) atoms. The van der Waals surface area contributed by atoms with Crippen molar-refractivity contribution < 1.29 is 4.39 Å². The van der Waals surface area contributed by atoms with Crippen LogP contribution in [0.3, 0.4) is 0 Å². The average Bonchev–Trinajstić information content (AvgIpc) is 1.89. The minimum Gasteiger partial charge on any atom is -0.246 e. The zero-order valence-electron chi connectivity index (χ0n) is 6.02. The summed E-state index contributed by atoms with van der Waals surface area (Å²) < 4.78 is 11.7. The maximum Gasteiger partial charge on any atom is 0.110 e. The molecular formula is C8H13F. The van der Waals surface area contributed by atoms with Crippen LogP contribution in [0.4, 0.5) is 4.39 Å². The molecule has 0 aliphatic heterocycles. The lowest BCUT2D eigenvalue weighted by atomic mass is 10.2. The van der Waals surface area contributed by atoms with Crippen LogP contribution in [0.25, 0.3) is 0 Å². The predicted molar refractivity (Wildman–Crippen MR) is 39.2 cm³/mol. The summed E-state index contributed by atoms with van der Waals surface area (Å²) >= 11 is 0. The highest BCUT2D eigenvalue weighted by Crippen LogP contribution is 1.95. The Morgan fingerprint density at radius 2 is 2.22 bits per heavy atom. The quantitative estimate of drug-likeness (QED) is 0.513. The number of hydrogen-bond donors (Lipinski definition) is 0. The van der Waals surface area contributed by atoms with Crippen LogP contribution in [0.1, 0.15) is 20.3 Å². The molecule has 0 rings (SSSR count). The SMILES string of the molecule is C/C=C\C/C=C(/C)CF. The molecule has 0 atom stereocenters. The molecule has 0 aliphatic rings. The molecule has 0 aromatic carbocycles. The van der Waals surface area contributed by atoms with Gasteiger partial charge in [0.25, 0.3) is 0 Å². The Kier molecular flexibility index (Phi) is 5.18. The topological polar surface area (TPSA) is 0 Å². The zero-order chi connectivity index (χ0) is 7.11. The molecule has 1 heteroatoms. The molecule has 0 N–H and O–H groups in total. The van der Waals surface area contributed by atoms with Crippen molar-refractivity contribution in [3.05, 3.63) is 23.8 Å². The minimum absolute atomic E-state index is 0.322. The molecule has 0 amide bonds. The van der Waals surface area contributed by atoms with Gasteiger partial charge in [-0.05, 0) is 25.8 Å². The lowest BCUT2D eigenvalue weighted by Crippen LogP contribution is -1.75. The van der Waals surface area contributed by atoms with Crippen molar-refractivity contribution >= 4 is 0 Å². The molecular weight excluding hydrogens is 115 g/mol. The number of hydrogen-bond acceptors (Lipinski definition) is 0. The number of rotatable bonds is 3. The molecule has 0 aliphatic carbocycles. The van der Waals surface area contributed by atoms with E-state index < -0.39 is 0 Å². The van der Waals surface area contributed by atoms with Gasteiger partial charge in [0.15, 0.2) is 0 Å². The van der Waals surface area contributed by atoms with E-state index in [2.05, 4.69) is 0 Å². The summed E-state index contributed by atoms with van der Waals surface area (Å²) in [4.78, 5) is 0. The van der Waals surface area contributed by atoms with E-state index in [1.165, 1.54) is 0 Å². The molecule has 0 nitrogen and oxygen atoms in total. The van der Waals surface area contributed by atoms with Crippen LogP contribution in [-0.2, 0) is 0 Å². The summed E-state index contributed by atoms with van der Waals surface area (Å²) in [5.74, 6) is 0. The summed E-state index contributed by atoms with van der Waals surface area (Å²) in [6, 6.07) is 0. The highest BCUT2D eigenvalue weighted by molar-refractivity contribution is 5.01. The first-order valence-corrected chi connectivity index (χ1v) is 3.14. The zero-order valence-corrected chi connectivity index (χ0v) is 6.02. The van der Waals surface area contributed by atoms with Crippen molar-refractivity contribution in [1.29, 1.82) is 0 Å². The molecule has 0 aromatic heterocycles. The van der Waals surface area contributed by atoms with Gasteiger partial charge in [-0.3, -0.25) is 0 Å². The van der Waals surface area contributed by atoms with E-state index in [0.29, 0.717) is 0 Å². The third kappa shape index (κ3) is 5.28. The third-order valence-corrected chi connectivity index (χ3v) is 1.05. The van der Waals surface area contributed by atoms with Crippen molar-refractivity contribution in [2.24, 2.45) is 0 Å². The summed E-state index contributed by atoms with van der Waals surface area (Å²) in [5, 5.41) is 0. The maximum atomic E-state index is 11.7. The first-order chi connectivity index (χ1) is 4.31. The number of alkyl halides is 1. The second-order valence-corrected chi connectivity index (χ2v) is 1.99. The molecule has 0 saturated heterocycles. The van der Waals surface area contributed by atoms with Crippen molar-refractivity contribution in [3.8, 4) is 0 Å². The van der Waals surface area contributed by atoms with E-state index in [-0.39, 0.29) is 6.67 Å². The summed E-state index contributed by atoms with van der Waals surface area (Å²) in [5.41, 5.74) is 0.813. The van der Waals surface area contributed by atoms with Crippen LogP contribution in [0.5, 0.6) is 0 Å². The Balaban J connectivity index is 3.43. The fourth-order valence-electron chi connectivity index (χ4n) is 0.460. The first-order valence-electron chi connectivity index (χ1n) is 3.14. The molecule has 0 fully saturated rings. The second kappa shape index (κ2) is 5.54. The lowest BCUT2D eigenvalue weighted by Gasteiger charge is -1.87. The van der Waals surface area contributed by atoms with Crippen molar-refractivity contribution in [3.63, 3.8) is 0 Å². The van der Waals surface area contributed by atoms with Gasteiger partial charge in [-0.15, -0.1) is 0 Å². The Hall–Kier alpha value is -0.590. The fraction of sp³-hybridized carbons (Fsp3) is 0.500. The Morgan fingerprint density at radius 3 is 2.67 bits per heavy atom. The molecule has 0 spiro atoms. The first kappa shape index (κ1) is 8.41. The number of allylic oxidation sites excluding steroid dienone is 4. The maximum absolute atomic E-state index is 11.7. The standard InChI is InChI=1S/C8H13F/c1-3-4-5-6-8(2)7-9/h3-4,6H,5,7H2,1-2H3/b4-3-,8-6-. The van der Waals surface area contributed by atoms with Gasteiger partial charge in [-0.1, -0.05) is 18.2 Å². The fourth-order valence-corrected chi connectivity index (χ4v) is 0.460. The molecule has 0 aromatic rings. The van der Waals surface area contributed by atoms with Crippen molar-refractivity contribution in [2.75, 3.05) is 6.67 Å². The van der Waals surface area contributed by atoms with Gasteiger partial charge in [-0.25, -0.2) is 4.39 Å². The summed E-state index contributed by atoms with van der Waals surface area (Å²) in [6.07, 6.45) is 6.70. The molecule has 0 heterocycles. The van der Waals surface area contributed by atoms with Gasteiger partial charge in [0.05, 0.1) is 0 Å². The molecule has 52 valence electrons. The van der Waals surface area contributed by atoms with Gasteiger partial charge in [0.2, 0.25) is 0 Å². The predicted octanol–water partition coefficient (Wildman–Crippen LogP) is 2.87. The van der Waals surface area contributed by atoms with E-state index in [9.17, 15) is 4.39 Å². The van der Waals surface area contributed by atoms with E-state index in [0.717, 1.165) is 12.0 Å². The van der Waals surface area contributed by atoms with Crippen LogP contribution in [0, 0.1) is 0 Å². The Bertz CT molecular complexity index is 112. The van der Waals surface area contributed by atoms with E-state index in [1.54, 1.807) is 6.92 Å². The summed E-state index contributed by atoms with van der Waals surface area (Å²) in [6.45, 7) is 3.43. The van der Waals surface area contributed by atoms with E-state index in [1.807, 2.05) is 25.2 Å². The van der Waals surface area contributed by atoms with Crippen LogP contribution in [0.15, 0.2) is 23.8 Å². The molecule has 0 bridgehead atoms. The van der Waals surface area contributed by atoms with Crippen LogP contribution >= 0.6 is 0 Å². The van der Waals surface area contributed by atoms with Gasteiger partial charge in [-0.2, -0.15) is 0 Å². The third-order valence-electron chi connectivity index (χ3n) is 1.05. The van der Waals surface area contributed by atoms with Crippen molar-refractivity contribution in [2.45, 2.75) is 20.3 Å². The monoisotopic (exact) mass is 128 g/mol. The van der Waals surface area contributed by atoms with Gasteiger partial charge in [0.1, 0.15) is 6.67 Å². The van der Waals surface area contributed by atoms with Crippen LogP contribution < -0.4 is 0 Å². The smallest absolute Gasteiger partial charge is 0.110 e. The normalized spacial score (nSPS) is 13.0. The highest BCUT2D eigenvalue weighted by Gasteiger charge is 1.81. The van der Waals surface area contributed by atoms with E-state index >= 15 is 0 Å². The molecule has 0 radical (unpaired) electrons. The van der Waals surface area contributed by atoms with Gasteiger partial charge in [0, 0.05) is 0 Å². The average molecular weight is 128 g/mol. The Labute approximate surface area is 56.1 Å². The second-order valence-electron chi connectivity index (χ2n) is 1.99. The van der Waals surface area contributed by atoms with Gasteiger partial charge >= 0.3 is 0 Å². The summed E-state index contributed by atoms with van der Waals surface area (Å²) in [7, 11) is 0. The lowest BCUT2D eigenvalue weighted by molar-refractivity contribution is 0.542. The molecule has 0 saturated carbocycles. The highest BCUT2D eigenvalue weighted by atomic mass is 19.1. The number of halogens is 1. The Morgan fingerprint density at radius 1 is 1.56 bits per heavy atom. The van der Waals surface area contributed by atoms with Crippen LogP contribution in [0.2, 0.25) is 0 Å². The van der Waals surface area contributed by atoms with E-state index in [4.69, 9.17) is 0 Å². The van der Waals surface area contributed by atoms with Gasteiger partial charge < -0.3 is 0 Å². The van der Waals surface area contributed by atoms with Crippen LogP contribution in [-0.4, -0.2) is 6.67 Å². The largest absolute Gasteiger partial charge is 0.246 e.